The SMILES string of the molecule is N#Cc1ccc(C2C[C@@H]2C2CCC(N3CCCc4ccc(C#CC5CCN(C6CCNCC6)CC5)nc4C3)CC2)cc1Cl. The van der Waals surface area contributed by atoms with Gasteiger partial charge in [0.25, 0.3) is 0 Å². The Morgan fingerprint density at radius 2 is 1.67 bits per heavy atom. The Morgan fingerprint density at radius 1 is 0.884 bits per heavy atom. The Morgan fingerprint density at radius 3 is 2.44 bits per heavy atom. The summed E-state index contributed by atoms with van der Waals surface area (Å²) in [6, 6.07) is 14.2. The summed E-state index contributed by atoms with van der Waals surface area (Å²) in [5.74, 6) is 9.85. The van der Waals surface area contributed by atoms with Crippen molar-refractivity contribution >= 4 is 11.6 Å². The molecule has 2 aromatic rings. The van der Waals surface area contributed by atoms with E-state index in [0.29, 0.717) is 28.5 Å². The van der Waals surface area contributed by atoms with E-state index in [-0.39, 0.29) is 0 Å². The van der Waals surface area contributed by atoms with Gasteiger partial charge in [-0.25, -0.2) is 4.98 Å². The molecule has 2 atom stereocenters. The van der Waals surface area contributed by atoms with Crippen molar-refractivity contribution in [2.24, 2.45) is 17.8 Å². The normalized spacial score (nSPS) is 29.1. The molecule has 1 N–H and O–H groups in total. The van der Waals surface area contributed by atoms with Crippen molar-refractivity contribution in [3.8, 4) is 17.9 Å². The Hall–Kier alpha value is -2.41. The van der Waals surface area contributed by atoms with Crippen molar-refractivity contribution in [3.05, 3.63) is 63.4 Å². The third kappa shape index (κ3) is 6.82. The maximum absolute atomic E-state index is 9.20. The van der Waals surface area contributed by atoms with Gasteiger partial charge in [-0.3, -0.25) is 4.90 Å². The molecule has 4 heterocycles. The largest absolute Gasteiger partial charge is 0.317 e. The lowest BCUT2D eigenvalue weighted by atomic mass is 9.81. The number of rotatable bonds is 4. The zero-order valence-electron chi connectivity index (χ0n) is 25.5. The van der Waals surface area contributed by atoms with Gasteiger partial charge in [-0.1, -0.05) is 29.7 Å². The minimum Gasteiger partial charge on any atom is -0.317 e. The van der Waals surface area contributed by atoms with E-state index in [1.54, 1.807) is 0 Å². The molecular formula is C37H46ClN5. The maximum Gasteiger partial charge on any atom is 0.113 e. The number of fused-ring (bicyclic) bond motifs is 1. The molecule has 6 heteroatoms. The van der Waals surface area contributed by atoms with Gasteiger partial charge < -0.3 is 10.2 Å². The van der Waals surface area contributed by atoms with Crippen LogP contribution in [0, 0.1) is 40.9 Å². The number of benzene rings is 1. The van der Waals surface area contributed by atoms with E-state index < -0.39 is 0 Å². The fraction of sp³-hybridized carbons (Fsp3) is 0.622. The molecular weight excluding hydrogens is 550 g/mol. The average Bonchev–Trinajstić information content (AvgIpc) is 3.88. The number of likely N-dealkylation sites (tertiary alicyclic amines) is 1. The Labute approximate surface area is 263 Å². The van der Waals surface area contributed by atoms with E-state index in [1.807, 2.05) is 12.1 Å². The molecule has 5 aliphatic rings. The predicted molar refractivity (Wildman–Crippen MR) is 173 cm³/mol. The Kier molecular flexibility index (Phi) is 9.06. The highest BCUT2D eigenvalue weighted by atomic mass is 35.5. The molecule has 5 nitrogen and oxygen atoms in total. The molecule has 2 saturated carbocycles. The standard InChI is InChI=1S/C37H46ClN5/c38-36-22-29(4-5-30(36)24-39)35-23-34(35)27-7-11-32(12-8-27)43-19-1-2-28-6-10-31(41-37(28)25-43)9-3-26-15-20-42(21-16-26)33-13-17-40-18-14-33/h4-6,10,22,26-27,32-35,40H,1-2,7-8,11-21,23,25H2/t27?,32?,34-,35?/m1/s1. The number of aryl methyl sites for hydroxylation is 1. The highest BCUT2D eigenvalue weighted by Crippen LogP contribution is 2.55. The van der Waals surface area contributed by atoms with Gasteiger partial charge >= 0.3 is 0 Å². The number of pyridine rings is 1. The number of nitriles is 1. The second-order valence-electron chi connectivity index (χ2n) is 13.9. The van der Waals surface area contributed by atoms with Gasteiger partial charge in [-0.15, -0.1) is 0 Å². The Bertz CT molecular complexity index is 1380. The molecule has 1 aromatic carbocycles. The van der Waals surface area contributed by atoms with Crippen molar-refractivity contribution in [1.82, 2.24) is 20.1 Å². The molecule has 2 saturated heterocycles. The van der Waals surface area contributed by atoms with Crippen molar-refractivity contribution in [3.63, 3.8) is 0 Å². The molecule has 226 valence electrons. The summed E-state index contributed by atoms with van der Waals surface area (Å²) in [5.41, 5.74) is 5.58. The van der Waals surface area contributed by atoms with Crippen molar-refractivity contribution in [2.75, 3.05) is 32.7 Å². The van der Waals surface area contributed by atoms with Crippen molar-refractivity contribution in [2.45, 2.75) is 95.2 Å². The summed E-state index contributed by atoms with van der Waals surface area (Å²) in [5, 5.41) is 13.3. The number of nitrogens with zero attached hydrogens (tertiary/aromatic N) is 4. The molecule has 0 spiro atoms. The predicted octanol–water partition coefficient (Wildman–Crippen LogP) is 6.53. The number of hydrogen-bond donors (Lipinski definition) is 1. The lowest BCUT2D eigenvalue weighted by molar-refractivity contribution is 0.123. The van der Waals surface area contributed by atoms with Crippen LogP contribution in [-0.4, -0.2) is 59.6 Å². The quantitative estimate of drug-likeness (QED) is 0.407. The first-order valence-corrected chi connectivity index (χ1v) is 17.4. The van der Waals surface area contributed by atoms with E-state index in [2.05, 4.69) is 51.2 Å². The van der Waals surface area contributed by atoms with Gasteiger partial charge in [0, 0.05) is 24.5 Å². The Balaban J connectivity index is 0.918. The number of halogens is 1. The molecule has 4 fully saturated rings. The zero-order valence-corrected chi connectivity index (χ0v) is 26.3. The van der Waals surface area contributed by atoms with Crippen molar-refractivity contribution in [1.29, 1.82) is 5.26 Å². The summed E-state index contributed by atoms with van der Waals surface area (Å²) in [6.07, 6.45) is 13.9. The monoisotopic (exact) mass is 595 g/mol. The summed E-state index contributed by atoms with van der Waals surface area (Å²) >= 11 is 6.34. The van der Waals surface area contributed by atoms with E-state index in [9.17, 15) is 5.26 Å². The number of hydrogen-bond acceptors (Lipinski definition) is 5. The lowest BCUT2D eigenvalue weighted by Gasteiger charge is -2.38. The van der Waals surface area contributed by atoms with Crippen LogP contribution in [0.2, 0.25) is 5.02 Å². The van der Waals surface area contributed by atoms with Crippen molar-refractivity contribution < 1.29 is 0 Å². The average molecular weight is 596 g/mol. The molecule has 0 amide bonds. The fourth-order valence-electron chi connectivity index (χ4n) is 8.64. The number of nitrogens with one attached hydrogen (secondary N) is 1. The first-order chi connectivity index (χ1) is 21.1. The highest BCUT2D eigenvalue weighted by Gasteiger charge is 2.45. The fourth-order valence-corrected chi connectivity index (χ4v) is 8.87. The second-order valence-corrected chi connectivity index (χ2v) is 14.3. The van der Waals surface area contributed by atoms with Crippen LogP contribution in [0.4, 0.5) is 0 Å². The molecule has 2 aliphatic carbocycles. The maximum atomic E-state index is 9.20. The first kappa shape index (κ1) is 29.3. The molecule has 0 bridgehead atoms. The minimum absolute atomic E-state index is 0.505. The third-order valence-electron chi connectivity index (χ3n) is 11.3. The van der Waals surface area contributed by atoms with E-state index in [0.717, 1.165) is 36.5 Å². The smallest absolute Gasteiger partial charge is 0.113 e. The molecule has 0 radical (unpaired) electrons. The van der Waals surface area contributed by atoms with E-state index in [1.165, 1.54) is 114 Å². The van der Waals surface area contributed by atoms with Gasteiger partial charge in [0.1, 0.15) is 11.8 Å². The summed E-state index contributed by atoms with van der Waals surface area (Å²) in [6.45, 7) is 6.90. The highest BCUT2D eigenvalue weighted by molar-refractivity contribution is 6.31. The van der Waals surface area contributed by atoms with Crippen LogP contribution in [0.5, 0.6) is 0 Å². The third-order valence-corrected chi connectivity index (χ3v) is 11.6. The van der Waals surface area contributed by atoms with Gasteiger partial charge in [0.05, 0.1) is 16.3 Å². The topological polar surface area (TPSA) is 55.2 Å². The van der Waals surface area contributed by atoms with Crippen LogP contribution in [0.3, 0.4) is 0 Å². The van der Waals surface area contributed by atoms with Crippen LogP contribution in [0.1, 0.15) is 98.2 Å². The van der Waals surface area contributed by atoms with Crippen LogP contribution in [0.25, 0.3) is 0 Å². The van der Waals surface area contributed by atoms with Crippen LogP contribution in [-0.2, 0) is 13.0 Å². The molecule has 7 rings (SSSR count). The molecule has 43 heavy (non-hydrogen) atoms. The summed E-state index contributed by atoms with van der Waals surface area (Å²) in [7, 11) is 0. The van der Waals surface area contributed by atoms with E-state index >= 15 is 0 Å². The molecule has 3 aliphatic heterocycles. The second kappa shape index (κ2) is 13.3. The summed E-state index contributed by atoms with van der Waals surface area (Å²) in [4.78, 5) is 10.6. The van der Waals surface area contributed by atoms with Gasteiger partial charge in [0.15, 0.2) is 0 Å². The summed E-state index contributed by atoms with van der Waals surface area (Å²) < 4.78 is 0. The minimum atomic E-state index is 0.505. The van der Waals surface area contributed by atoms with Gasteiger partial charge in [-0.2, -0.15) is 5.26 Å². The van der Waals surface area contributed by atoms with Gasteiger partial charge in [0.2, 0.25) is 0 Å². The lowest BCUT2D eigenvalue weighted by Crippen LogP contribution is -2.46. The number of piperidine rings is 2. The zero-order chi connectivity index (χ0) is 29.2. The van der Waals surface area contributed by atoms with Crippen LogP contribution < -0.4 is 5.32 Å². The van der Waals surface area contributed by atoms with E-state index in [4.69, 9.17) is 16.6 Å². The first-order valence-electron chi connectivity index (χ1n) is 17.0. The molecule has 1 unspecified atom stereocenters. The number of aromatic nitrogens is 1. The molecule has 1 aromatic heterocycles. The van der Waals surface area contributed by atoms with Gasteiger partial charge in [-0.05, 0) is 156 Å². The van der Waals surface area contributed by atoms with Crippen LogP contribution in [0.15, 0.2) is 30.3 Å². The van der Waals surface area contributed by atoms with Crippen LogP contribution >= 0.6 is 11.6 Å².